The third-order valence-electron chi connectivity index (χ3n) is 11.5. The molecule has 0 spiro atoms. The molecule has 8 nitrogen and oxygen atoms in total. The Kier molecular flexibility index (Phi) is 42.9. The summed E-state index contributed by atoms with van der Waals surface area (Å²) in [4.78, 5) is 37.2. The van der Waals surface area contributed by atoms with Crippen LogP contribution in [0.25, 0.3) is 0 Å². The molecule has 0 fully saturated rings. The number of carboxylic acid groups (broad SMARTS) is 1. The lowest BCUT2D eigenvalue weighted by Gasteiger charge is -2.31. The van der Waals surface area contributed by atoms with Gasteiger partial charge in [-0.15, -0.1) is 0 Å². The van der Waals surface area contributed by atoms with E-state index < -0.39 is 18.1 Å². The number of allylic oxidation sites excluding steroid dienone is 8. The molecule has 0 saturated carbocycles. The van der Waals surface area contributed by atoms with Gasteiger partial charge < -0.3 is 23.8 Å². The molecule has 0 rings (SSSR count). The third kappa shape index (κ3) is 42.6. The zero-order valence-electron chi connectivity index (χ0n) is 41.1. The molecule has 0 saturated heterocycles. The fourth-order valence-electron chi connectivity index (χ4n) is 7.51. The number of hydrogen-bond donors (Lipinski definition) is 1. The second-order valence-electron chi connectivity index (χ2n) is 18.4. The molecule has 0 aliphatic heterocycles. The van der Waals surface area contributed by atoms with Gasteiger partial charge in [-0.05, 0) is 70.6 Å². The van der Waals surface area contributed by atoms with Crippen LogP contribution in [-0.2, 0) is 28.6 Å². The Hall–Kier alpha value is -2.71. The van der Waals surface area contributed by atoms with Crippen molar-refractivity contribution >= 4 is 17.9 Å². The van der Waals surface area contributed by atoms with Crippen LogP contribution in [0.3, 0.4) is 0 Å². The van der Waals surface area contributed by atoms with Gasteiger partial charge in [-0.2, -0.15) is 0 Å². The maximum Gasteiger partial charge on any atom is 0.362 e. The molecule has 0 aromatic heterocycles. The highest BCUT2D eigenvalue weighted by molar-refractivity contribution is 5.72. The molecule has 0 aromatic carbocycles. The van der Waals surface area contributed by atoms with Gasteiger partial charge in [-0.25, -0.2) is 4.79 Å². The predicted octanol–water partition coefficient (Wildman–Crippen LogP) is 14.8. The molecule has 0 aliphatic carbocycles. The maximum atomic E-state index is 12.8. The van der Waals surface area contributed by atoms with E-state index in [-0.39, 0.29) is 36.2 Å². The highest BCUT2D eigenvalue weighted by Gasteiger charge is 2.31. The summed E-state index contributed by atoms with van der Waals surface area (Å²) >= 11 is 0. The highest BCUT2D eigenvalue weighted by Crippen LogP contribution is 2.16. The number of unbranched alkanes of at least 4 members (excludes halogenated alkanes) is 24. The van der Waals surface area contributed by atoms with E-state index in [1.807, 2.05) is 21.1 Å². The first-order valence-electron chi connectivity index (χ1n) is 25.7. The van der Waals surface area contributed by atoms with Gasteiger partial charge in [0.2, 0.25) is 0 Å². The van der Waals surface area contributed by atoms with Gasteiger partial charge in [0.1, 0.15) is 6.61 Å². The number of hydrogen-bond acceptors (Lipinski definition) is 6. The summed E-state index contributed by atoms with van der Waals surface area (Å²) in [6.07, 6.45) is 54.4. The minimum absolute atomic E-state index is 0.0533. The van der Waals surface area contributed by atoms with Gasteiger partial charge >= 0.3 is 17.9 Å². The first kappa shape index (κ1) is 59.3. The van der Waals surface area contributed by atoms with Crippen molar-refractivity contribution in [2.45, 2.75) is 238 Å². The Bertz CT molecular complexity index is 1150. The van der Waals surface area contributed by atoms with Crippen molar-refractivity contribution in [1.82, 2.24) is 0 Å². The lowest BCUT2D eigenvalue weighted by atomic mass is 10.0. The number of esters is 2. The third-order valence-corrected chi connectivity index (χ3v) is 11.5. The lowest BCUT2D eigenvalue weighted by molar-refractivity contribution is -0.887. The Morgan fingerprint density at radius 1 is 0.500 bits per heavy atom. The van der Waals surface area contributed by atoms with E-state index in [1.165, 1.54) is 128 Å². The van der Waals surface area contributed by atoms with Crippen LogP contribution in [0.2, 0.25) is 0 Å². The predicted molar refractivity (Wildman–Crippen MR) is 261 cm³/mol. The summed E-state index contributed by atoms with van der Waals surface area (Å²) in [6.45, 7) is 4.63. The number of ether oxygens (including phenoxy) is 3. The van der Waals surface area contributed by atoms with Gasteiger partial charge in [0, 0.05) is 19.3 Å². The minimum atomic E-state index is -0.875. The van der Waals surface area contributed by atoms with E-state index in [0.717, 1.165) is 64.2 Å². The normalized spacial score (nSPS) is 13.2. The van der Waals surface area contributed by atoms with Gasteiger partial charge in [-0.1, -0.05) is 184 Å². The fraction of sp³-hybridized carbons (Fsp3) is 0.796. The van der Waals surface area contributed by atoms with E-state index in [9.17, 15) is 19.5 Å². The standard InChI is InChI=1S/C54H97NO7/c1-6-8-10-12-14-16-18-20-22-24-25-26-27-29-30-32-34-36-38-40-42-44-52(56)61-49-50(48-60-47-46-51(54(58)59)55(3,4)5)62-53(57)45-43-41-39-37-35-33-31-28-23-21-19-17-15-13-11-9-7-2/h8,10,14-17,21,23,50-51H,6-7,9,11-13,18-20,22,24-49H2,1-5H3/p+1/b10-8+,16-14+,17-15+,23-21+. The Morgan fingerprint density at radius 2 is 0.903 bits per heavy atom. The zero-order valence-corrected chi connectivity index (χ0v) is 41.1. The van der Waals surface area contributed by atoms with E-state index in [0.29, 0.717) is 19.3 Å². The molecular weight excluding hydrogens is 775 g/mol. The molecule has 62 heavy (non-hydrogen) atoms. The largest absolute Gasteiger partial charge is 0.477 e. The van der Waals surface area contributed by atoms with Gasteiger partial charge in [0.25, 0.3) is 0 Å². The second-order valence-corrected chi connectivity index (χ2v) is 18.4. The molecule has 2 atom stereocenters. The van der Waals surface area contributed by atoms with Crippen LogP contribution in [0, 0.1) is 0 Å². The Morgan fingerprint density at radius 3 is 1.32 bits per heavy atom. The van der Waals surface area contributed by atoms with Crippen LogP contribution in [0.4, 0.5) is 0 Å². The van der Waals surface area contributed by atoms with Crippen LogP contribution >= 0.6 is 0 Å². The van der Waals surface area contributed by atoms with Crippen molar-refractivity contribution in [2.75, 3.05) is 41.0 Å². The van der Waals surface area contributed by atoms with Crippen molar-refractivity contribution in [3.63, 3.8) is 0 Å². The average molecular weight is 873 g/mol. The average Bonchev–Trinajstić information content (AvgIpc) is 3.23. The summed E-state index contributed by atoms with van der Waals surface area (Å²) in [5.41, 5.74) is 0. The molecule has 2 unspecified atom stereocenters. The number of rotatable bonds is 46. The Labute approximate surface area is 382 Å². The smallest absolute Gasteiger partial charge is 0.362 e. The number of nitrogens with zero attached hydrogens (tertiary/aromatic N) is 1. The van der Waals surface area contributed by atoms with E-state index in [4.69, 9.17) is 14.2 Å². The molecular formula is C54H98NO7+. The quantitative estimate of drug-likeness (QED) is 0.0281. The topological polar surface area (TPSA) is 99.1 Å². The molecule has 0 aliphatic rings. The molecule has 0 aromatic rings. The van der Waals surface area contributed by atoms with E-state index in [1.54, 1.807) is 0 Å². The van der Waals surface area contributed by atoms with Crippen LogP contribution in [0.5, 0.6) is 0 Å². The minimum Gasteiger partial charge on any atom is -0.477 e. The SMILES string of the molecule is CC/C=C/C/C=C/CCCCCCCCCCCCCCCCC(=O)OCC(COCCC(C(=O)O)[N+](C)(C)C)OC(=O)CCCCCCCCC/C=C/C/C=C/CCCCC. The number of aliphatic carboxylic acids is 1. The number of quaternary nitrogens is 1. The lowest BCUT2D eigenvalue weighted by Crippen LogP contribution is -2.50. The molecule has 0 bridgehead atoms. The first-order chi connectivity index (χ1) is 30.1. The zero-order chi connectivity index (χ0) is 45.6. The van der Waals surface area contributed by atoms with Crippen molar-refractivity contribution in [2.24, 2.45) is 0 Å². The van der Waals surface area contributed by atoms with Crippen LogP contribution in [0.1, 0.15) is 226 Å². The van der Waals surface area contributed by atoms with E-state index in [2.05, 4.69) is 62.5 Å². The summed E-state index contributed by atoms with van der Waals surface area (Å²) < 4.78 is 17.4. The molecule has 8 heteroatoms. The van der Waals surface area contributed by atoms with Crippen LogP contribution in [0.15, 0.2) is 48.6 Å². The summed E-state index contributed by atoms with van der Waals surface area (Å²) in [5.74, 6) is -1.47. The summed E-state index contributed by atoms with van der Waals surface area (Å²) in [7, 11) is 5.53. The molecule has 0 radical (unpaired) electrons. The molecule has 360 valence electrons. The monoisotopic (exact) mass is 873 g/mol. The van der Waals surface area contributed by atoms with E-state index >= 15 is 0 Å². The maximum absolute atomic E-state index is 12.8. The fourth-order valence-corrected chi connectivity index (χ4v) is 7.51. The van der Waals surface area contributed by atoms with Gasteiger partial charge in [-0.3, -0.25) is 9.59 Å². The summed E-state index contributed by atoms with van der Waals surface area (Å²) in [6, 6.07) is -0.616. The highest BCUT2D eigenvalue weighted by atomic mass is 16.6. The van der Waals surface area contributed by atoms with Gasteiger partial charge in [0.15, 0.2) is 12.1 Å². The van der Waals surface area contributed by atoms with Crippen molar-refractivity contribution in [1.29, 1.82) is 0 Å². The summed E-state index contributed by atoms with van der Waals surface area (Å²) in [5, 5.41) is 9.65. The van der Waals surface area contributed by atoms with Crippen LogP contribution < -0.4 is 0 Å². The van der Waals surface area contributed by atoms with Crippen molar-refractivity contribution in [3.8, 4) is 0 Å². The molecule has 0 heterocycles. The van der Waals surface area contributed by atoms with Crippen LogP contribution in [-0.4, -0.2) is 80.6 Å². The number of likely N-dealkylation sites (N-methyl/N-ethyl adjacent to an activating group) is 1. The number of carboxylic acids is 1. The molecule has 0 amide bonds. The van der Waals surface area contributed by atoms with Crippen molar-refractivity contribution < 1.29 is 38.2 Å². The second kappa shape index (κ2) is 44.9. The number of carbonyl (C=O) groups is 3. The Balaban J connectivity index is 4.22. The van der Waals surface area contributed by atoms with Gasteiger partial charge in [0.05, 0.1) is 34.4 Å². The first-order valence-corrected chi connectivity index (χ1v) is 25.7. The molecule has 1 N–H and O–H groups in total. The van der Waals surface area contributed by atoms with Crippen molar-refractivity contribution in [3.05, 3.63) is 48.6 Å². The number of carbonyl (C=O) groups excluding carboxylic acids is 2.